The molecule has 6 nitrogen and oxygen atoms in total. The van der Waals surface area contributed by atoms with Crippen molar-refractivity contribution < 1.29 is 18.3 Å². The zero-order chi connectivity index (χ0) is 15.2. The number of nitrogens with zero attached hydrogens (tertiary/aromatic N) is 3. The molecule has 0 bridgehead atoms. The van der Waals surface area contributed by atoms with E-state index in [0.717, 1.165) is 0 Å². The van der Waals surface area contributed by atoms with Crippen molar-refractivity contribution in [2.24, 2.45) is 0 Å². The van der Waals surface area contributed by atoms with Gasteiger partial charge in [0.25, 0.3) is 6.43 Å². The summed E-state index contributed by atoms with van der Waals surface area (Å²) in [7, 11) is 2.72. The van der Waals surface area contributed by atoms with Gasteiger partial charge < -0.3 is 14.8 Å². The smallest absolute Gasteiger partial charge is 0.319 e. The van der Waals surface area contributed by atoms with Crippen molar-refractivity contribution in [3.63, 3.8) is 0 Å². The van der Waals surface area contributed by atoms with Crippen molar-refractivity contribution in [1.82, 2.24) is 15.0 Å². The lowest BCUT2D eigenvalue weighted by Crippen LogP contribution is -2.21. The highest BCUT2D eigenvalue weighted by atomic mass is 19.3. The summed E-state index contributed by atoms with van der Waals surface area (Å²) < 4.78 is 36.6. The first-order valence-electron chi connectivity index (χ1n) is 6.06. The monoisotopic (exact) mass is 296 g/mol. The molecule has 1 unspecified atom stereocenters. The van der Waals surface area contributed by atoms with Gasteiger partial charge in [0, 0.05) is 12.4 Å². The minimum Gasteiger partial charge on any atom is -0.481 e. The first-order valence-corrected chi connectivity index (χ1v) is 6.06. The summed E-state index contributed by atoms with van der Waals surface area (Å²) in [6.07, 6.45) is 0.0576. The third kappa shape index (κ3) is 3.53. The number of rotatable bonds is 6. The van der Waals surface area contributed by atoms with Crippen molar-refractivity contribution >= 4 is 5.82 Å². The van der Waals surface area contributed by atoms with Crippen LogP contribution < -0.4 is 14.8 Å². The molecule has 0 fully saturated rings. The molecular weight excluding hydrogens is 282 g/mol. The normalized spacial score (nSPS) is 12.0. The summed E-state index contributed by atoms with van der Waals surface area (Å²) in [5.74, 6) is 0.344. The number of aromatic nitrogens is 3. The summed E-state index contributed by atoms with van der Waals surface area (Å²) in [6, 6.07) is 3.67. The molecule has 2 aromatic rings. The zero-order valence-electron chi connectivity index (χ0n) is 11.5. The lowest BCUT2D eigenvalue weighted by molar-refractivity contribution is 0.122. The molecule has 0 spiro atoms. The van der Waals surface area contributed by atoms with E-state index < -0.39 is 12.5 Å². The Balaban J connectivity index is 2.34. The fourth-order valence-corrected chi connectivity index (χ4v) is 1.72. The van der Waals surface area contributed by atoms with Gasteiger partial charge in [-0.15, -0.1) is 0 Å². The van der Waals surface area contributed by atoms with Gasteiger partial charge in [0.2, 0.25) is 5.88 Å². The quantitative estimate of drug-likeness (QED) is 0.882. The van der Waals surface area contributed by atoms with E-state index in [4.69, 9.17) is 9.47 Å². The van der Waals surface area contributed by atoms with E-state index in [-0.39, 0.29) is 17.5 Å². The lowest BCUT2D eigenvalue weighted by atomic mass is 10.1. The van der Waals surface area contributed by atoms with E-state index >= 15 is 0 Å². The second-order valence-electron chi connectivity index (χ2n) is 3.99. The number of ether oxygens (including phenoxy) is 2. The van der Waals surface area contributed by atoms with Crippen LogP contribution >= 0.6 is 0 Å². The second-order valence-corrected chi connectivity index (χ2v) is 3.99. The van der Waals surface area contributed by atoms with Crippen LogP contribution in [0.3, 0.4) is 0 Å². The van der Waals surface area contributed by atoms with E-state index in [2.05, 4.69) is 20.3 Å². The first kappa shape index (κ1) is 14.9. The number of hydrogen-bond acceptors (Lipinski definition) is 6. The van der Waals surface area contributed by atoms with Gasteiger partial charge in [-0.05, 0) is 12.1 Å². The first-order chi connectivity index (χ1) is 10.2. The van der Waals surface area contributed by atoms with Crippen LogP contribution in [0.5, 0.6) is 11.9 Å². The molecule has 0 saturated carbocycles. The van der Waals surface area contributed by atoms with Gasteiger partial charge in [0.15, 0.2) is 0 Å². The van der Waals surface area contributed by atoms with Crippen LogP contribution in [0.25, 0.3) is 0 Å². The van der Waals surface area contributed by atoms with E-state index in [1.54, 1.807) is 18.2 Å². The van der Waals surface area contributed by atoms with Gasteiger partial charge in [-0.3, -0.25) is 0 Å². The fraction of sp³-hybridized carbons (Fsp3) is 0.308. The topological polar surface area (TPSA) is 69.2 Å². The van der Waals surface area contributed by atoms with Gasteiger partial charge in [-0.25, -0.2) is 18.7 Å². The van der Waals surface area contributed by atoms with Crippen LogP contribution in [-0.2, 0) is 0 Å². The third-order valence-corrected chi connectivity index (χ3v) is 2.69. The highest BCUT2D eigenvalue weighted by Gasteiger charge is 2.27. The Hall–Kier alpha value is -2.51. The van der Waals surface area contributed by atoms with E-state index in [9.17, 15) is 8.78 Å². The molecule has 2 heterocycles. The maximum atomic E-state index is 13.3. The molecule has 21 heavy (non-hydrogen) atoms. The van der Waals surface area contributed by atoms with E-state index in [0.29, 0.717) is 5.82 Å². The molecule has 0 saturated heterocycles. The second kappa shape index (κ2) is 6.78. The SMILES string of the molecule is COc1ncc(C(Nc2ccccn2)C(F)F)c(OC)n1. The molecule has 0 amide bonds. The Morgan fingerprint density at radius 1 is 1.14 bits per heavy atom. The maximum Gasteiger partial charge on any atom is 0.319 e. The average molecular weight is 296 g/mol. The molecule has 0 radical (unpaired) electrons. The number of nitrogens with one attached hydrogen (secondary N) is 1. The van der Waals surface area contributed by atoms with Crippen molar-refractivity contribution in [1.29, 1.82) is 0 Å². The van der Waals surface area contributed by atoms with Gasteiger partial charge in [-0.1, -0.05) is 6.07 Å². The van der Waals surface area contributed by atoms with Gasteiger partial charge >= 0.3 is 6.01 Å². The average Bonchev–Trinajstić information content (AvgIpc) is 2.52. The van der Waals surface area contributed by atoms with E-state index in [1.807, 2.05) is 0 Å². The van der Waals surface area contributed by atoms with Crippen molar-refractivity contribution in [2.75, 3.05) is 19.5 Å². The predicted octanol–water partition coefficient (Wildman–Crippen LogP) is 2.31. The zero-order valence-corrected chi connectivity index (χ0v) is 11.5. The molecule has 0 aliphatic rings. The summed E-state index contributed by atoms with van der Waals surface area (Å²) in [5.41, 5.74) is 0.124. The van der Waals surface area contributed by atoms with Gasteiger partial charge in [0.1, 0.15) is 11.9 Å². The van der Waals surface area contributed by atoms with Crippen LogP contribution in [0.2, 0.25) is 0 Å². The van der Waals surface area contributed by atoms with Gasteiger partial charge in [-0.2, -0.15) is 4.98 Å². The molecule has 8 heteroatoms. The Morgan fingerprint density at radius 2 is 1.95 bits per heavy atom. The number of pyridine rings is 1. The Bertz CT molecular complexity index is 584. The summed E-state index contributed by atoms with van der Waals surface area (Å²) in [5, 5.41) is 2.64. The number of alkyl halides is 2. The summed E-state index contributed by atoms with van der Waals surface area (Å²) >= 11 is 0. The lowest BCUT2D eigenvalue weighted by Gasteiger charge is -2.20. The minimum absolute atomic E-state index is 0.0237. The number of methoxy groups -OCH3 is 2. The highest BCUT2D eigenvalue weighted by molar-refractivity contribution is 5.40. The maximum absolute atomic E-state index is 13.3. The molecule has 0 aliphatic carbocycles. The van der Waals surface area contributed by atoms with E-state index in [1.165, 1.54) is 26.6 Å². The van der Waals surface area contributed by atoms with Crippen LogP contribution in [0, 0.1) is 0 Å². The number of halogens is 2. The van der Waals surface area contributed by atoms with Crippen LogP contribution in [0.15, 0.2) is 30.6 Å². The Morgan fingerprint density at radius 3 is 2.52 bits per heavy atom. The summed E-state index contributed by atoms with van der Waals surface area (Å²) in [4.78, 5) is 11.7. The van der Waals surface area contributed by atoms with Crippen molar-refractivity contribution in [2.45, 2.75) is 12.5 Å². The molecule has 0 aromatic carbocycles. The summed E-state index contributed by atoms with van der Waals surface area (Å²) in [6.45, 7) is 0. The fourth-order valence-electron chi connectivity index (χ4n) is 1.72. The molecule has 2 rings (SSSR count). The molecule has 1 N–H and O–H groups in total. The molecular formula is C13H14F2N4O2. The standard InChI is InChI=1S/C13H14F2N4O2/c1-20-12-8(7-17-13(19-12)21-2)10(11(14)15)18-9-5-3-4-6-16-9/h3-7,10-11H,1-2H3,(H,16,18). The minimum atomic E-state index is -2.70. The van der Waals surface area contributed by atoms with Crippen LogP contribution in [-0.4, -0.2) is 35.6 Å². The van der Waals surface area contributed by atoms with Crippen molar-refractivity contribution in [3.8, 4) is 11.9 Å². The molecule has 1 atom stereocenters. The largest absolute Gasteiger partial charge is 0.481 e. The molecule has 0 aliphatic heterocycles. The highest BCUT2D eigenvalue weighted by Crippen LogP contribution is 2.30. The molecule has 112 valence electrons. The third-order valence-electron chi connectivity index (χ3n) is 2.69. The number of anilines is 1. The molecule has 2 aromatic heterocycles. The number of hydrogen-bond donors (Lipinski definition) is 1. The Labute approximate surface area is 120 Å². The van der Waals surface area contributed by atoms with Crippen LogP contribution in [0.4, 0.5) is 14.6 Å². The van der Waals surface area contributed by atoms with Gasteiger partial charge in [0.05, 0.1) is 19.8 Å². The van der Waals surface area contributed by atoms with Crippen LogP contribution in [0.1, 0.15) is 11.6 Å². The Kier molecular flexibility index (Phi) is 4.81. The predicted molar refractivity (Wildman–Crippen MR) is 71.7 cm³/mol. The van der Waals surface area contributed by atoms with Crippen molar-refractivity contribution in [3.05, 3.63) is 36.2 Å².